The molecule has 174 valence electrons. The van der Waals surface area contributed by atoms with Crippen molar-refractivity contribution in [3.8, 4) is 11.5 Å². The maximum Gasteiger partial charge on any atom is 0.261 e. The van der Waals surface area contributed by atoms with Crippen molar-refractivity contribution >= 4 is 23.4 Å². The smallest absolute Gasteiger partial charge is 0.261 e. The fraction of sp³-hybridized carbons (Fsp3) is 0.440. The molecule has 32 heavy (non-hydrogen) atoms. The lowest BCUT2D eigenvalue weighted by molar-refractivity contribution is -0.143. The number of amides is 2. The molecule has 0 heterocycles. The fourth-order valence-electron chi connectivity index (χ4n) is 3.26. The average Bonchev–Trinajstić information content (AvgIpc) is 2.79. The van der Waals surface area contributed by atoms with Gasteiger partial charge in [0.05, 0.1) is 7.11 Å². The van der Waals surface area contributed by atoms with Gasteiger partial charge in [-0.3, -0.25) is 9.59 Å². The Labute approximate surface area is 195 Å². The number of hydrogen-bond acceptors (Lipinski definition) is 4. The largest absolute Gasteiger partial charge is 0.497 e. The number of methoxy groups -OCH3 is 1. The van der Waals surface area contributed by atoms with Gasteiger partial charge < -0.3 is 19.7 Å². The zero-order chi connectivity index (χ0) is 23.7. The van der Waals surface area contributed by atoms with Gasteiger partial charge >= 0.3 is 0 Å². The van der Waals surface area contributed by atoms with E-state index in [0.29, 0.717) is 22.9 Å². The van der Waals surface area contributed by atoms with Gasteiger partial charge in [0.15, 0.2) is 6.61 Å². The second-order valence-electron chi connectivity index (χ2n) is 7.81. The molecule has 0 radical (unpaired) electrons. The van der Waals surface area contributed by atoms with Crippen LogP contribution in [0.1, 0.15) is 44.7 Å². The first-order valence-corrected chi connectivity index (χ1v) is 11.3. The first-order valence-electron chi connectivity index (χ1n) is 10.9. The zero-order valence-corrected chi connectivity index (χ0v) is 20.2. The summed E-state index contributed by atoms with van der Waals surface area (Å²) < 4.78 is 11.0. The molecular formula is C25H33ClN2O4. The van der Waals surface area contributed by atoms with Crippen molar-refractivity contribution < 1.29 is 19.1 Å². The quantitative estimate of drug-likeness (QED) is 0.525. The molecule has 2 atom stereocenters. The van der Waals surface area contributed by atoms with E-state index < -0.39 is 6.04 Å². The van der Waals surface area contributed by atoms with E-state index in [1.165, 1.54) is 0 Å². The molecule has 7 heteroatoms. The Balaban J connectivity index is 2.24. The second kappa shape index (κ2) is 12.3. The fourth-order valence-corrected chi connectivity index (χ4v) is 3.38. The summed E-state index contributed by atoms with van der Waals surface area (Å²) in [7, 11) is 1.60. The number of nitrogens with zero attached hydrogens (tertiary/aromatic N) is 1. The van der Waals surface area contributed by atoms with E-state index >= 15 is 0 Å². The highest BCUT2D eigenvalue weighted by atomic mass is 35.5. The molecule has 0 fully saturated rings. The lowest BCUT2D eigenvalue weighted by atomic mass is 10.1. The van der Waals surface area contributed by atoms with Gasteiger partial charge in [0.1, 0.15) is 17.5 Å². The van der Waals surface area contributed by atoms with Gasteiger partial charge in [-0.25, -0.2) is 0 Å². The van der Waals surface area contributed by atoms with Crippen LogP contribution in [0.2, 0.25) is 5.02 Å². The highest BCUT2D eigenvalue weighted by molar-refractivity contribution is 6.31. The topological polar surface area (TPSA) is 67.9 Å². The Bertz CT molecular complexity index is 919. The van der Waals surface area contributed by atoms with Crippen LogP contribution in [0.4, 0.5) is 0 Å². The molecule has 0 aromatic heterocycles. The lowest BCUT2D eigenvalue weighted by Crippen LogP contribution is -2.51. The molecule has 6 nitrogen and oxygen atoms in total. The van der Waals surface area contributed by atoms with Gasteiger partial charge in [0.2, 0.25) is 5.91 Å². The molecular weight excluding hydrogens is 428 g/mol. The van der Waals surface area contributed by atoms with Crippen molar-refractivity contribution in [1.29, 1.82) is 0 Å². The highest BCUT2D eigenvalue weighted by Gasteiger charge is 2.29. The predicted molar refractivity (Wildman–Crippen MR) is 127 cm³/mol. The third-order valence-electron chi connectivity index (χ3n) is 5.37. The Kier molecular flexibility index (Phi) is 9.85. The summed E-state index contributed by atoms with van der Waals surface area (Å²) in [5, 5.41) is 3.63. The minimum atomic E-state index is -0.613. The van der Waals surface area contributed by atoms with Crippen molar-refractivity contribution in [2.45, 2.75) is 59.2 Å². The molecule has 0 spiro atoms. The predicted octanol–water partition coefficient (Wildman–Crippen LogP) is 4.76. The van der Waals surface area contributed by atoms with Crippen LogP contribution in [0.3, 0.4) is 0 Å². The maximum absolute atomic E-state index is 13.3. The highest BCUT2D eigenvalue weighted by Crippen LogP contribution is 2.22. The first-order chi connectivity index (χ1) is 15.3. The van der Waals surface area contributed by atoms with E-state index in [4.69, 9.17) is 21.1 Å². The van der Waals surface area contributed by atoms with Crippen LogP contribution in [-0.2, 0) is 16.1 Å². The van der Waals surface area contributed by atoms with Crippen LogP contribution in [0, 0.1) is 6.92 Å². The number of benzene rings is 2. The van der Waals surface area contributed by atoms with Crippen molar-refractivity contribution in [3.05, 3.63) is 58.6 Å². The van der Waals surface area contributed by atoms with E-state index in [-0.39, 0.29) is 31.0 Å². The number of rotatable bonds is 11. The van der Waals surface area contributed by atoms with Crippen LogP contribution in [0.15, 0.2) is 42.5 Å². The number of carbonyl (C=O) groups is 2. The molecule has 0 aliphatic carbocycles. The van der Waals surface area contributed by atoms with Gasteiger partial charge in [-0.15, -0.1) is 0 Å². The standard InChI is InChI=1S/C25H33ClN2O4/c1-6-18(4)27-25(30)23(7-2)28(15-19-9-8-10-20(14-19)31-5)24(29)16-32-21-11-12-22(26)17(3)13-21/h8-14,18,23H,6-7,15-16H2,1-5H3,(H,27,30)/t18-,23-/m1/s1. The minimum absolute atomic E-state index is 0.0265. The summed E-state index contributed by atoms with van der Waals surface area (Å²) in [5.74, 6) is 0.811. The lowest BCUT2D eigenvalue weighted by Gasteiger charge is -2.31. The number of aryl methyl sites for hydroxylation is 1. The molecule has 2 aromatic rings. The number of hydrogen-bond donors (Lipinski definition) is 1. The molecule has 2 aromatic carbocycles. The number of carbonyl (C=O) groups excluding carboxylic acids is 2. The second-order valence-corrected chi connectivity index (χ2v) is 8.22. The SMILES string of the molecule is CC[C@@H](C)NC(=O)[C@@H](CC)N(Cc1cccc(OC)c1)C(=O)COc1ccc(Cl)c(C)c1. The van der Waals surface area contributed by atoms with E-state index in [2.05, 4.69) is 5.32 Å². The third kappa shape index (κ3) is 7.16. The van der Waals surface area contributed by atoms with Crippen LogP contribution in [0.25, 0.3) is 0 Å². The summed E-state index contributed by atoms with van der Waals surface area (Å²) in [6.07, 6.45) is 1.29. The van der Waals surface area contributed by atoms with Crippen LogP contribution in [0.5, 0.6) is 11.5 Å². The molecule has 0 aliphatic rings. The summed E-state index contributed by atoms with van der Waals surface area (Å²) in [6.45, 7) is 7.82. The summed E-state index contributed by atoms with van der Waals surface area (Å²) in [6, 6.07) is 12.1. The normalized spacial score (nSPS) is 12.6. The van der Waals surface area contributed by atoms with Gasteiger partial charge in [-0.1, -0.05) is 37.6 Å². The van der Waals surface area contributed by atoms with Gasteiger partial charge in [-0.2, -0.15) is 0 Å². The molecule has 2 amide bonds. The Morgan fingerprint density at radius 1 is 1.09 bits per heavy atom. The molecule has 0 bridgehead atoms. The molecule has 0 aliphatic heterocycles. The third-order valence-corrected chi connectivity index (χ3v) is 5.79. The van der Waals surface area contributed by atoms with Crippen LogP contribution in [-0.4, -0.2) is 42.5 Å². The van der Waals surface area contributed by atoms with Gasteiger partial charge in [0, 0.05) is 17.6 Å². The van der Waals surface area contributed by atoms with E-state index in [9.17, 15) is 9.59 Å². The van der Waals surface area contributed by atoms with Gasteiger partial charge in [0.25, 0.3) is 5.91 Å². The Morgan fingerprint density at radius 2 is 1.84 bits per heavy atom. The molecule has 1 N–H and O–H groups in total. The van der Waals surface area contributed by atoms with Crippen LogP contribution < -0.4 is 14.8 Å². The average molecular weight is 461 g/mol. The van der Waals surface area contributed by atoms with Crippen molar-refractivity contribution in [1.82, 2.24) is 10.2 Å². The monoisotopic (exact) mass is 460 g/mol. The van der Waals surface area contributed by atoms with Crippen LogP contribution >= 0.6 is 11.6 Å². The molecule has 0 saturated carbocycles. The van der Waals surface area contributed by atoms with E-state index in [1.807, 2.05) is 52.0 Å². The first kappa shape index (κ1) is 25.5. The van der Waals surface area contributed by atoms with Crippen molar-refractivity contribution in [2.24, 2.45) is 0 Å². The zero-order valence-electron chi connectivity index (χ0n) is 19.5. The number of halogens is 1. The Morgan fingerprint density at radius 3 is 2.47 bits per heavy atom. The summed E-state index contributed by atoms with van der Waals surface area (Å²) in [5.41, 5.74) is 1.74. The number of ether oxygens (including phenoxy) is 2. The summed E-state index contributed by atoms with van der Waals surface area (Å²) in [4.78, 5) is 27.8. The van der Waals surface area contributed by atoms with Crippen molar-refractivity contribution in [2.75, 3.05) is 13.7 Å². The van der Waals surface area contributed by atoms with E-state index in [0.717, 1.165) is 17.5 Å². The van der Waals surface area contributed by atoms with Gasteiger partial charge in [-0.05, 0) is 68.1 Å². The summed E-state index contributed by atoms with van der Waals surface area (Å²) >= 11 is 6.07. The Hall–Kier alpha value is -2.73. The molecule has 0 saturated heterocycles. The minimum Gasteiger partial charge on any atom is -0.497 e. The maximum atomic E-state index is 13.3. The number of nitrogens with one attached hydrogen (secondary N) is 1. The molecule has 0 unspecified atom stereocenters. The molecule has 2 rings (SSSR count). The van der Waals surface area contributed by atoms with Crippen molar-refractivity contribution in [3.63, 3.8) is 0 Å². The van der Waals surface area contributed by atoms with E-state index in [1.54, 1.807) is 30.2 Å².